The van der Waals surface area contributed by atoms with E-state index >= 15 is 0 Å². The van der Waals surface area contributed by atoms with E-state index in [0.717, 1.165) is 49.6 Å². The van der Waals surface area contributed by atoms with Crippen LogP contribution in [-0.4, -0.2) is 59.8 Å². The lowest BCUT2D eigenvalue weighted by Gasteiger charge is -2.30. The number of nitrogens with zero attached hydrogens (tertiary/aromatic N) is 1. The van der Waals surface area contributed by atoms with Gasteiger partial charge in [-0.1, -0.05) is 19.8 Å². The van der Waals surface area contributed by atoms with Crippen LogP contribution in [0.2, 0.25) is 0 Å². The maximum Gasteiger partial charge on any atom is 0.0757 e. The highest BCUT2D eigenvalue weighted by Gasteiger charge is 2.21. The summed E-state index contributed by atoms with van der Waals surface area (Å²) in [6.45, 7) is 7.53. The molecule has 1 heterocycles. The Morgan fingerprint density at radius 1 is 1.33 bits per heavy atom. The molecule has 0 aromatic carbocycles. The van der Waals surface area contributed by atoms with Crippen LogP contribution in [0.1, 0.15) is 32.6 Å². The third-order valence-electron chi connectivity index (χ3n) is 4.09. The van der Waals surface area contributed by atoms with Crippen molar-refractivity contribution in [2.24, 2.45) is 5.92 Å². The Morgan fingerprint density at radius 2 is 2.11 bits per heavy atom. The number of hydrogen-bond donors (Lipinski definition) is 2. The van der Waals surface area contributed by atoms with Crippen molar-refractivity contribution in [3.63, 3.8) is 0 Å². The number of aliphatic hydroxyl groups excluding tert-OH is 1. The Kier molecular flexibility index (Phi) is 6.29. The Hall–Kier alpha value is 0.230. The summed E-state index contributed by atoms with van der Waals surface area (Å²) in [4.78, 5) is 2.38. The summed E-state index contributed by atoms with van der Waals surface area (Å²) < 4.78 is 0. The Balaban J connectivity index is 1.60. The first-order valence-electron chi connectivity index (χ1n) is 7.47. The van der Waals surface area contributed by atoms with Crippen molar-refractivity contribution in [1.82, 2.24) is 10.2 Å². The predicted molar refractivity (Wildman–Crippen MR) is 79.2 cm³/mol. The standard InChI is InChI=1S/C14H28N2OS/c1-12-3-2-4-14(9-12)18-11-13(17)10-16-7-5-15-6-8-16/h12-15,17H,2-11H2,1H3. The molecule has 2 fully saturated rings. The number of aliphatic hydroxyl groups is 1. The van der Waals surface area contributed by atoms with Crippen molar-refractivity contribution in [2.45, 2.75) is 44.0 Å². The molecule has 2 aliphatic rings. The van der Waals surface area contributed by atoms with Crippen LogP contribution in [0.3, 0.4) is 0 Å². The van der Waals surface area contributed by atoms with Gasteiger partial charge in [0.15, 0.2) is 0 Å². The van der Waals surface area contributed by atoms with Gasteiger partial charge in [0.1, 0.15) is 0 Å². The molecule has 1 saturated heterocycles. The molecule has 0 aromatic rings. The van der Waals surface area contributed by atoms with Crippen LogP contribution in [0.5, 0.6) is 0 Å². The maximum absolute atomic E-state index is 10.1. The number of β-amino-alcohol motifs (C(OH)–C–C–N with tert-alkyl or cyclic N) is 1. The third-order valence-corrected chi connectivity index (χ3v) is 5.57. The fourth-order valence-corrected chi connectivity index (χ4v) is 4.42. The molecule has 18 heavy (non-hydrogen) atoms. The molecule has 0 bridgehead atoms. The van der Waals surface area contributed by atoms with Crippen LogP contribution < -0.4 is 5.32 Å². The van der Waals surface area contributed by atoms with E-state index in [2.05, 4.69) is 17.1 Å². The molecule has 0 aromatic heterocycles. The molecule has 1 aliphatic heterocycles. The number of hydrogen-bond acceptors (Lipinski definition) is 4. The predicted octanol–water partition coefficient (Wildman–Crippen LogP) is 1.56. The highest BCUT2D eigenvalue weighted by Crippen LogP contribution is 2.32. The van der Waals surface area contributed by atoms with Gasteiger partial charge in [-0.15, -0.1) is 0 Å². The fourth-order valence-electron chi connectivity index (χ4n) is 3.02. The quantitative estimate of drug-likeness (QED) is 0.796. The average Bonchev–Trinajstić information content (AvgIpc) is 2.38. The largest absolute Gasteiger partial charge is 0.391 e. The SMILES string of the molecule is CC1CCCC(SCC(O)CN2CCNCC2)C1. The highest BCUT2D eigenvalue weighted by molar-refractivity contribution is 7.99. The second-order valence-electron chi connectivity index (χ2n) is 5.93. The van der Waals surface area contributed by atoms with E-state index in [0.29, 0.717) is 0 Å². The Labute approximate surface area is 116 Å². The lowest BCUT2D eigenvalue weighted by Crippen LogP contribution is -2.46. The van der Waals surface area contributed by atoms with Gasteiger partial charge in [-0.2, -0.15) is 11.8 Å². The molecule has 4 heteroatoms. The van der Waals surface area contributed by atoms with E-state index in [1.807, 2.05) is 11.8 Å². The summed E-state index contributed by atoms with van der Waals surface area (Å²) in [5.41, 5.74) is 0. The third kappa shape index (κ3) is 5.08. The van der Waals surface area contributed by atoms with E-state index < -0.39 is 0 Å². The Bertz CT molecular complexity index is 234. The average molecular weight is 272 g/mol. The van der Waals surface area contributed by atoms with Gasteiger partial charge < -0.3 is 10.4 Å². The Morgan fingerprint density at radius 3 is 2.83 bits per heavy atom. The first-order valence-corrected chi connectivity index (χ1v) is 8.51. The van der Waals surface area contributed by atoms with Gasteiger partial charge in [0.2, 0.25) is 0 Å². The zero-order chi connectivity index (χ0) is 12.8. The summed E-state index contributed by atoms with van der Waals surface area (Å²) in [6.07, 6.45) is 5.35. The summed E-state index contributed by atoms with van der Waals surface area (Å²) in [5.74, 6) is 1.81. The van der Waals surface area contributed by atoms with Gasteiger partial charge >= 0.3 is 0 Å². The molecule has 2 rings (SSSR count). The van der Waals surface area contributed by atoms with Crippen LogP contribution in [-0.2, 0) is 0 Å². The molecule has 3 atom stereocenters. The number of piperazine rings is 1. The smallest absolute Gasteiger partial charge is 0.0757 e. The molecular weight excluding hydrogens is 244 g/mol. The van der Waals surface area contributed by atoms with Crippen LogP contribution in [0.25, 0.3) is 0 Å². The van der Waals surface area contributed by atoms with Crippen molar-refractivity contribution in [1.29, 1.82) is 0 Å². The minimum absolute atomic E-state index is 0.148. The lowest BCUT2D eigenvalue weighted by molar-refractivity contribution is 0.121. The number of rotatable bonds is 5. The maximum atomic E-state index is 10.1. The van der Waals surface area contributed by atoms with Crippen LogP contribution in [0, 0.1) is 5.92 Å². The van der Waals surface area contributed by atoms with Crippen molar-refractivity contribution >= 4 is 11.8 Å². The lowest BCUT2D eigenvalue weighted by atomic mass is 9.91. The van der Waals surface area contributed by atoms with E-state index in [1.54, 1.807) is 0 Å². The van der Waals surface area contributed by atoms with E-state index in [1.165, 1.54) is 25.7 Å². The van der Waals surface area contributed by atoms with E-state index in [9.17, 15) is 5.11 Å². The van der Waals surface area contributed by atoms with E-state index in [4.69, 9.17) is 0 Å². The summed E-state index contributed by atoms with van der Waals surface area (Å²) in [5, 5.41) is 14.3. The van der Waals surface area contributed by atoms with Gasteiger partial charge in [-0.25, -0.2) is 0 Å². The summed E-state index contributed by atoms with van der Waals surface area (Å²) >= 11 is 2.01. The second-order valence-corrected chi connectivity index (χ2v) is 7.26. The fraction of sp³-hybridized carbons (Fsp3) is 1.00. The van der Waals surface area contributed by atoms with Crippen molar-refractivity contribution in [3.8, 4) is 0 Å². The van der Waals surface area contributed by atoms with E-state index in [-0.39, 0.29) is 6.10 Å². The van der Waals surface area contributed by atoms with Gasteiger partial charge in [0, 0.05) is 43.7 Å². The van der Waals surface area contributed by atoms with Crippen molar-refractivity contribution < 1.29 is 5.11 Å². The molecule has 1 aliphatic carbocycles. The molecule has 0 spiro atoms. The van der Waals surface area contributed by atoms with Crippen molar-refractivity contribution in [2.75, 3.05) is 38.5 Å². The first kappa shape index (κ1) is 14.6. The molecule has 3 nitrogen and oxygen atoms in total. The van der Waals surface area contributed by atoms with Gasteiger partial charge in [-0.05, 0) is 18.8 Å². The molecule has 2 N–H and O–H groups in total. The highest BCUT2D eigenvalue weighted by atomic mass is 32.2. The molecule has 0 amide bonds. The summed E-state index contributed by atoms with van der Waals surface area (Å²) in [7, 11) is 0. The summed E-state index contributed by atoms with van der Waals surface area (Å²) in [6, 6.07) is 0. The van der Waals surface area contributed by atoms with Crippen molar-refractivity contribution in [3.05, 3.63) is 0 Å². The molecule has 3 unspecified atom stereocenters. The topological polar surface area (TPSA) is 35.5 Å². The minimum atomic E-state index is -0.148. The number of nitrogens with one attached hydrogen (secondary N) is 1. The molecular formula is C14H28N2OS. The van der Waals surface area contributed by atoms with Gasteiger partial charge in [-0.3, -0.25) is 4.90 Å². The van der Waals surface area contributed by atoms with Crippen LogP contribution in [0.15, 0.2) is 0 Å². The van der Waals surface area contributed by atoms with Crippen LogP contribution >= 0.6 is 11.8 Å². The molecule has 0 radical (unpaired) electrons. The first-order chi connectivity index (χ1) is 8.74. The zero-order valence-corrected chi connectivity index (χ0v) is 12.4. The van der Waals surface area contributed by atoms with Gasteiger partial charge in [0.05, 0.1) is 6.10 Å². The normalized spacial score (nSPS) is 32.3. The number of thioether (sulfide) groups is 1. The molecule has 1 saturated carbocycles. The molecule has 106 valence electrons. The second kappa shape index (κ2) is 7.73. The van der Waals surface area contributed by atoms with Gasteiger partial charge in [0.25, 0.3) is 0 Å². The van der Waals surface area contributed by atoms with Crippen LogP contribution in [0.4, 0.5) is 0 Å². The zero-order valence-electron chi connectivity index (χ0n) is 11.6. The monoisotopic (exact) mass is 272 g/mol. The minimum Gasteiger partial charge on any atom is -0.391 e.